The number of anilines is 2. The van der Waals surface area contributed by atoms with Crippen LogP contribution in [0.1, 0.15) is 20.8 Å². The molecular weight excluding hydrogens is 216 g/mol. The Balaban J connectivity index is 2.48. The number of amides is 1. The van der Waals surface area contributed by atoms with E-state index in [1.54, 1.807) is 25.1 Å². The van der Waals surface area contributed by atoms with Gasteiger partial charge in [-0.2, -0.15) is 0 Å². The van der Waals surface area contributed by atoms with Gasteiger partial charge in [-0.15, -0.1) is 0 Å². The lowest BCUT2D eigenvalue weighted by Gasteiger charge is -2.15. The molecule has 5 heteroatoms. The van der Waals surface area contributed by atoms with Crippen LogP contribution in [0, 0.1) is 5.92 Å². The fourth-order valence-electron chi connectivity index (χ4n) is 1.28. The number of nitrogens with one attached hydrogen (secondary N) is 2. The molecule has 0 fully saturated rings. The van der Waals surface area contributed by atoms with Gasteiger partial charge < -0.3 is 16.4 Å². The van der Waals surface area contributed by atoms with E-state index < -0.39 is 0 Å². The van der Waals surface area contributed by atoms with E-state index in [0.29, 0.717) is 24.1 Å². The van der Waals surface area contributed by atoms with Crippen molar-refractivity contribution < 1.29 is 4.79 Å². The second kappa shape index (κ2) is 6.08. The van der Waals surface area contributed by atoms with Crippen LogP contribution < -0.4 is 16.4 Å². The van der Waals surface area contributed by atoms with E-state index in [-0.39, 0.29) is 11.9 Å². The van der Waals surface area contributed by atoms with Gasteiger partial charge in [-0.3, -0.25) is 4.79 Å². The summed E-state index contributed by atoms with van der Waals surface area (Å²) < 4.78 is 0. The van der Waals surface area contributed by atoms with Crippen molar-refractivity contribution in [2.75, 3.05) is 17.6 Å². The van der Waals surface area contributed by atoms with Crippen LogP contribution in [0.5, 0.6) is 0 Å². The Labute approximate surface area is 102 Å². The van der Waals surface area contributed by atoms with Crippen LogP contribution in [0.15, 0.2) is 18.2 Å². The maximum Gasteiger partial charge on any atom is 0.242 e. The summed E-state index contributed by atoms with van der Waals surface area (Å²) in [6.07, 6.45) is 0. The summed E-state index contributed by atoms with van der Waals surface area (Å²) in [5.74, 6) is 1.45. The van der Waals surface area contributed by atoms with Crippen molar-refractivity contribution in [2.45, 2.75) is 26.8 Å². The minimum absolute atomic E-state index is 0.0390. The molecule has 1 atom stereocenters. The molecule has 1 aromatic heterocycles. The topological polar surface area (TPSA) is 80.0 Å². The molecule has 1 unspecified atom stereocenters. The standard InChI is InChI=1S/C12H20N4O/c1-8(2)7-14-12(17)9(3)15-11-6-4-5-10(13)16-11/h4-6,8-9H,7H2,1-3H3,(H,14,17)(H3,13,15,16). The molecule has 94 valence electrons. The van der Waals surface area contributed by atoms with Gasteiger partial charge in [0.2, 0.25) is 5.91 Å². The zero-order valence-corrected chi connectivity index (χ0v) is 10.5. The van der Waals surface area contributed by atoms with Gasteiger partial charge in [-0.1, -0.05) is 19.9 Å². The Hall–Kier alpha value is -1.78. The second-order valence-electron chi connectivity index (χ2n) is 4.45. The minimum Gasteiger partial charge on any atom is -0.384 e. The van der Waals surface area contributed by atoms with Gasteiger partial charge >= 0.3 is 0 Å². The van der Waals surface area contributed by atoms with Crippen molar-refractivity contribution in [3.8, 4) is 0 Å². The lowest BCUT2D eigenvalue weighted by atomic mass is 10.2. The molecule has 0 aromatic carbocycles. The third kappa shape index (κ3) is 4.72. The summed E-state index contributed by atoms with van der Waals surface area (Å²) in [4.78, 5) is 15.8. The molecule has 0 aliphatic carbocycles. The number of hydrogen-bond donors (Lipinski definition) is 3. The van der Waals surface area contributed by atoms with Crippen molar-refractivity contribution >= 4 is 17.5 Å². The molecule has 17 heavy (non-hydrogen) atoms. The van der Waals surface area contributed by atoms with Crippen molar-refractivity contribution in [1.29, 1.82) is 0 Å². The predicted octanol–water partition coefficient (Wildman–Crippen LogP) is 1.24. The Kier molecular flexibility index (Phi) is 4.75. The Morgan fingerprint density at radius 3 is 2.71 bits per heavy atom. The number of nitrogen functional groups attached to an aromatic ring is 1. The lowest BCUT2D eigenvalue weighted by Crippen LogP contribution is -2.39. The van der Waals surface area contributed by atoms with E-state index >= 15 is 0 Å². The highest BCUT2D eigenvalue weighted by Crippen LogP contribution is 2.07. The molecular formula is C12H20N4O. The van der Waals surface area contributed by atoms with Gasteiger partial charge in [0.15, 0.2) is 0 Å². The zero-order chi connectivity index (χ0) is 12.8. The number of carbonyl (C=O) groups is 1. The number of nitrogens with two attached hydrogens (primary N) is 1. The van der Waals surface area contributed by atoms with Crippen LogP contribution in [0.3, 0.4) is 0 Å². The molecule has 0 spiro atoms. The molecule has 0 saturated carbocycles. The van der Waals surface area contributed by atoms with E-state index in [1.807, 2.05) is 0 Å². The van der Waals surface area contributed by atoms with E-state index in [1.165, 1.54) is 0 Å². The van der Waals surface area contributed by atoms with Gasteiger partial charge in [-0.25, -0.2) is 4.98 Å². The Bertz CT molecular complexity index is 379. The normalized spacial score (nSPS) is 12.2. The highest BCUT2D eigenvalue weighted by molar-refractivity contribution is 5.83. The average Bonchev–Trinajstić information content (AvgIpc) is 2.25. The third-order valence-electron chi connectivity index (χ3n) is 2.21. The maximum absolute atomic E-state index is 11.7. The molecule has 1 rings (SSSR count). The predicted molar refractivity (Wildman–Crippen MR) is 69.6 cm³/mol. The largest absolute Gasteiger partial charge is 0.384 e. The highest BCUT2D eigenvalue weighted by Gasteiger charge is 2.12. The van der Waals surface area contributed by atoms with Gasteiger partial charge in [0.25, 0.3) is 0 Å². The van der Waals surface area contributed by atoms with Crippen molar-refractivity contribution in [3.63, 3.8) is 0 Å². The molecule has 0 bridgehead atoms. The monoisotopic (exact) mass is 236 g/mol. The van der Waals surface area contributed by atoms with Crippen LogP contribution in [-0.4, -0.2) is 23.5 Å². The number of aromatic nitrogens is 1. The summed E-state index contributed by atoms with van der Waals surface area (Å²) in [6, 6.07) is 4.95. The maximum atomic E-state index is 11.7. The molecule has 5 nitrogen and oxygen atoms in total. The van der Waals surface area contributed by atoms with Crippen molar-refractivity contribution in [1.82, 2.24) is 10.3 Å². The van der Waals surface area contributed by atoms with Crippen LogP contribution in [0.25, 0.3) is 0 Å². The van der Waals surface area contributed by atoms with Crippen LogP contribution in [0.4, 0.5) is 11.6 Å². The first-order valence-electron chi connectivity index (χ1n) is 5.76. The number of hydrogen-bond acceptors (Lipinski definition) is 4. The molecule has 1 aromatic rings. The molecule has 4 N–H and O–H groups in total. The highest BCUT2D eigenvalue weighted by atomic mass is 16.2. The number of carbonyl (C=O) groups excluding carboxylic acids is 1. The molecule has 0 saturated heterocycles. The van der Waals surface area contributed by atoms with Gasteiger partial charge in [0, 0.05) is 6.54 Å². The van der Waals surface area contributed by atoms with Gasteiger partial charge in [-0.05, 0) is 25.0 Å². The number of pyridine rings is 1. The Morgan fingerprint density at radius 2 is 2.12 bits per heavy atom. The van der Waals surface area contributed by atoms with E-state index in [4.69, 9.17) is 5.73 Å². The lowest BCUT2D eigenvalue weighted by molar-refractivity contribution is -0.121. The minimum atomic E-state index is -0.331. The summed E-state index contributed by atoms with van der Waals surface area (Å²) >= 11 is 0. The second-order valence-corrected chi connectivity index (χ2v) is 4.45. The van der Waals surface area contributed by atoms with Crippen molar-refractivity contribution in [3.05, 3.63) is 18.2 Å². The van der Waals surface area contributed by atoms with Gasteiger partial charge in [0.1, 0.15) is 17.7 Å². The Morgan fingerprint density at radius 1 is 1.41 bits per heavy atom. The number of nitrogens with zero attached hydrogens (tertiary/aromatic N) is 1. The van der Waals surface area contributed by atoms with Crippen molar-refractivity contribution in [2.24, 2.45) is 5.92 Å². The first-order valence-corrected chi connectivity index (χ1v) is 5.76. The summed E-state index contributed by atoms with van der Waals surface area (Å²) in [5, 5.41) is 5.86. The van der Waals surface area contributed by atoms with Gasteiger partial charge in [0.05, 0.1) is 0 Å². The number of rotatable bonds is 5. The summed E-state index contributed by atoms with van der Waals surface area (Å²) in [7, 11) is 0. The summed E-state index contributed by atoms with van der Waals surface area (Å²) in [5.41, 5.74) is 5.56. The average molecular weight is 236 g/mol. The smallest absolute Gasteiger partial charge is 0.242 e. The fraction of sp³-hybridized carbons (Fsp3) is 0.500. The van der Waals surface area contributed by atoms with E-state index in [9.17, 15) is 4.79 Å². The van der Waals surface area contributed by atoms with Crippen LogP contribution >= 0.6 is 0 Å². The third-order valence-corrected chi connectivity index (χ3v) is 2.21. The van der Waals surface area contributed by atoms with Crippen LogP contribution in [0.2, 0.25) is 0 Å². The first-order chi connectivity index (χ1) is 7.99. The zero-order valence-electron chi connectivity index (χ0n) is 10.5. The molecule has 0 aliphatic heterocycles. The first kappa shape index (κ1) is 13.3. The van der Waals surface area contributed by atoms with E-state index in [0.717, 1.165) is 0 Å². The summed E-state index contributed by atoms with van der Waals surface area (Å²) in [6.45, 7) is 6.57. The van der Waals surface area contributed by atoms with E-state index in [2.05, 4.69) is 29.5 Å². The van der Waals surface area contributed by atoms with Crippen LogP contribution in [-0.2, 0) is 4.79 Å². The molecule has 1 heterocycles. The quantitative estimate of drug-likeness (QED) is 0.718. The molecule has 0 radical (unpaired) electrons. The fourth-order valence-corrected chi connectivity index (χ4v) is 1.28. The molecule has 1 amide bonds. The molecule has 0 aliphatic rings. The SMILES string of the molecule is CC(C)CNC(=O)C(C)Nc1cccc(N)n1.